The molecule has 1 fully saturated rings. The minimum atomic E-state index is -1.13. The number of carbonyl (C=O) groups excluding carboxylic acids is 1. The summed E-state index contributed by atoms with van der Waals surface area (Å²) in [5.41, 5.74) is -0.0515. The highest BCUT2D eigenvalue weighted by Crippen LogP contribution is 2.40. The number of rotatable bonds is 2. The lowest BCUT2D eigenvalue weighted by atomic mass is 9.66. The highest BCUT2D eigenvalue weighted by molar-refractivity contribution is 5.99. The highest BCUT2D eigenvalue weighted by Gasteiger charge is 2.44. The summed E-state index contributed by atoms with van der Waals surface area (Å²) in [6.07, 6.45) is 0.622. The summed E-state index contributed by atoms with van der Waals surface area (Å²) in [6, 6.07) is 11.3. The second-order valence-corrected chi connectivity index (χ2v) is 4.62. The van der Waals surface area contributed by atoms with Crippen LogP contribution in [0.3, 0.4) is 0 Å². The van der Waals surface area contributed by atoms with Gasteiger partial charge in [-0.25, -0.2) is 0 Å². The van der Waals surface area contributed by atoms with Crippen LogP contribution in [0.2, 0.25) is 0 Å². The molecule has 0 heterocycles. The molecule has 1 saturated carbocycles. The number of ketones is 1. The number of hydrogen-bond donors (Lipinski definition) is 1. The van der Waals surface area contributed by atoms with E-state index in [2.05, 4.69) is 6.07 Å². The predicted molar refractivity (Wildman–Crippen MR) is 63.7 cm³/mol. The third kappa shape index (κ3) is 2.00. The van der Waals surface area contributed by atoms with Crippen molar-refractivity contribution in [3.05, 3.63) is 35.9 Å². The maximum Gasteiger partial charge on any atom is 0.314 e. The number of Topliss-reactive ketones (excluding diaryl/α,β-unsaturated/α-hetero) is 1. The van der Waals surface area contributed by atoms with Crippen LogP contribution in [0.4, 0.5) is 0 Å². The number of nitriles is 1. The summed E-state index contributed by atoms with van der Waals surface area (Å²) in [6.45, 7) is 0. The molecule has 2 rings (SSSR count). The van der Waals surface area contributed by atoms with Gasteiger partial charge in [0.15, 0.2) is 0 Å². The molecule has 0 radical (unpaired) electrons. The van der Waals surface area contributed by atoms with E-state index in [4.69, 9.17) is 5.11 Å². The van der Waals surface area contributed by atoms with Crippen molar-refractivity contribution in [1.29, 1.82) is 5.26 Å². The number of benzene rings is 1. The summed E-state index contributed by atoms with van der Waals surface area (Å²) in [7, 11) is 0. The molecule has 2 unspecified atom stereocenters. The maximum atomic E-state index is 11.6. The number of carboxylic acid groups (broad SMARTS) is 1. The van der Waals surface area contributed by atoms with Gasteiger partial charge in [-0.15, -0.1) is 0 Å². The minimum Gasteiger partial charge on any atom is -0.481 e. The van der Waals surface area contributed by atoms with E-state index in [0.29, 0.717) is 6.42 Å². The van der Waals surface area contributed by atoms with Gasteiger partial charge >= 0.3 is 5.97 Å². The summed E-state index contributed by atoms with van der Waals surface area (Å²) in [5.74, 6) is -2.46. The van der Waals surface area contributed by atoms with Crippen molar-refractivity contribution in [2.24, 2.45) is 5.92 Å². The van der Waals surface area contributed by atoms with Crippen LogP contribution in [0.5, 0.6) is 0 Å². The number of carboxylic acids is 1. The molecule has 1 aromatic rings. The molecule has 92 valence electrons. The standard InChI is InChI=1S/C14H13NO3/c15-9-14(10-4-2-1-3-5-10)7-6-12(16)11(8-14)13(17)18/h1-5,11H,6-8H2,(H,17,18). The Morgan fingerprint density at radius 2 is 2.06 bits per heavy atom. The zero-order valence-corrected chi connectivity index (χ0v) is 9.80. The summed E-state index contributed by atoms with van der Waals surface area (Å²) < 4.78 is 0. The molecule has 1 aliphatic carbocycles. The number of nitrogens with zero attached hydrogens (tertiary/aromatic N) is 1. The molecule has 0 saturated heterocycles. The average Bonchev–Trinajstić information content (AvgIpc) is 2.40. The first-order valence-electron chi connectivity index (χ1n) is 5.81. The van der Waals surface area contributed by atoms with Gasteiger partial charge in [-0.05, 0) is 18.4 Å². The van der Waals surface area contributed by atoms with Crippen molar-refractivity contribution in [3.63, 3.8) is 0 Å². The van der Waals surface area contributed by atoms with Crippen molar-refractivity contribution in [2.45, 2.75) is 24.7 Å². The van der Waals surface area contributed by atoms with Crippen molar-refractivity contribution in [2.75, 3.05) is 0 Å². The van der Waals surface area contributed by atoms with Gasteiger partial charge < -0.3 is 5.11 Å². The van der Waals surface area contributed by atoms with E-state index in [1.54, 1.807) is 0 Å². The van der Waals surface area contributed by atoms with Gasteiger partial charge in [0.05, 0.1) is 11.5 Å². The van der Waals surface area contributed by atoms with Crippen LogP contribution in [0.25, 0.3) is 0 Å². The Balaban J connectivity index is 2.38. The molecule has 1 aliphatic rings. The number of carbonyl (C=O) groups is 2. The van der Waals surface area contributed by atoms with Crippen LogP contribution in [-0.4, -0.2) is 16.9 Å². The van der Waals surface area contributed by atoms with Gasteiger partial charge in [-0.3, -0.25) is 9.59 Å². The third-order valence-corrected chi connectivity index (χ3v) is 3.58. The van der Waals surface area contributed by atoms with E-state index < -0.39 is 17.3 Å². The molecular weight excluding hydrogens is 230 g/mol. The molecule has 0 aliphatic heterocycles. The Hall–Kier alpha value is -2.15. The second-order valence-electron chi connectivity index (χ2n) is 4.62. The van der Waals surface area contributed by atoms with Crippen molar-refractivity contribution in [3.8, 4) is 6.07 Å². The van der Waals surface area contributed by atoms with Crippen LogP contribution in [0.1, 0.15) is 24.8 Å². The van der Waals surface area contributed by atoms with Crippen LogP contribution in [-0.2, 0) is 15.0 Å². The SMILES string of the molecule is N#CC1(c2ccccc2)CCC(=O)C(C(=O)O)C1. The predicted octanol–water partition coefficient (Wildman–Crippen LogP) is 1.90. The quantitative estimate of drug-likeness (QED) is 0.805. The van der Waals surface area contributed by atoms with Crippen LogP contribution in [0.15, 0.2) is 30.3 Å². The second kappa shape index (κ2) is 4.61. The molecule has 0 spiro atoms. The van der Waals surface area contributed by atoms with Crippen molar-refractivity contribution in [1.82, 2.24) is 0 Å². The van der Waals surface area contributed by atoms with Crippen LogP contribution >= 0.6 is 0 Å². The lowest BCUT2D eigenvalue weighted by molar-refractivity contribution is -0.148. The van der Waals surface area contributed by atoms with E-state index in [9.17, 15) is 14.9 Å². The molecule has 4 nitrogen and oxygen atoms in total. The van der Waals surface area contributed by atoms with Gasteiger partial charge in [-0.1, -0.05) is 30.3 Å². The maximum absolute atomic E-state index is 11.6. The number of aliphatic carboxylic acids is 1. The molecule has 18 heavy (non-hydrogen) atoms. The van der Waals surface area contributed by atoms with E-state index in [1.165, 1.54) is 0 Å². The first kappa shape index (κ1) is 12.3. The molecular formula is C14H13NO3. The van der Waals surface area contributed by atoms with Gasteiger partial charge in [0.1, 0.15) is 11.7 Å². The van der Waals surface area contributed by atoms with Gasteiger partial charge in [0.2, 0.25) is 0 Å². The Labute approximate surface area is 105 Å². The normalized spacial score (nSPS) is 27.5. The number of hydrogen-bond acceptors (Lipinski definition) is 3. The van der Waals surface area contributed by atoms with Gasteiger partial charge in [0, 0.05) is 6.42 Å². The lowest BCUT2D eigenvalue weighted by Gasteiger charge is -2.33. The first-order valence-corrected chi connectivity index (χ1v) is 5.81. The molecule has 1 N–H and O–H groups in total. The van der Waals surface area contributed by atoms with Crippen LogP contribution < -0.4 is 0 Å². The Kier molecular flexibility index (Phi) is 3.15. The fraction of sp³-hybridized carbons (Fsp3) is 0.357. The topological polar surface area (TPSA) is 78.2 Å². The fourth-order valence-electron chi connectivity index (χ4n) is 2.49. The Morgan fingerprint density at radius 3 is 2.61 bits per heavy atom. The summed E-state index contributed by atoms with van der Waals surface area (Å²) >= 11 is 0. The van der Waals surface area contributed by atoms with Gasteiger partial charge in [0.25, 0.3) is 0 Å². The van der Waals surface area contributed by atoms with Crippen molar-refractivity contribution < 1.29 is 14.7 Å². The lowest BCUT2D eigenvalue weighted by Crippen LogP contribution is -2.39. The van der Waals surface area contributed by atoms with E-state index in [-0.39, 0.29) is 18.6 Å². The van der Waals surface area contributed by atoms with E-state index in [1.807, 2.05) is 30.3 Å². The molecule has 0 bridgehead atoms. The molecule has 4 heteroatoms. The van der Waals surface area contributed by atoms with E-state index in [0.717, 1.165) is 5.56 Å². The smallest absolute Gasteiger partial charge is 0.314 e. The summed E-state index contributed by atoms with van der Waals surface area (Å²) in [5, 5.41) is 18.5. The molecule has 0 amide bonds. The first-order chi connectivity index (χ1) is 8.59. The summed E-state index contributed by atoms with van der Waals surface area (Å²) in [4.78, 5) is 22.7. The zero-order valence-electron chi connectivity index (χ0n) is 9.80. The monoisotopic (exact) mass is 243 g/mol. The largest absolute Gasteiger partial charge is 0.481 e. The van der Waals surface area contributed by atoms with Crippen LogP contribution in [0, 0.1) is 17.2 Å². The highest BCUT2D eigenvalue weighted by atomic mass is 16.4. The minimum absolute atomic E-state index is 0.0711. The van der Waals surface area contributed by atoms with Gasteiger partial charge in [-0.2, -0.15) is 5.26 Å². The molecule has 2 atom stereocenters. The Bertz CT molecular complexity index is 518. The fourth-order valence-corrected chi connectivity index (χ4v) is 2.49. The zero-order chi connectivity index (χ0) is 13.2. The third-order valence-electron chi connectivity index (χ3n) is 3.58. The molecule has 1 aromatic carbocycles. The Morgan fingerprint density at radius 1 is 1.39 bits per heavy atom. The van der Waals surface area contributed by atoms with Crippen molar-refractivity contribution >= 4 is 11.8 Å². The average molecular weight is 243 g/mol. The van der Waals surface area contributed by atoms with E-state index >= 15 is 0 Å². The molecule has 0 aromatic heterocycles.